The van der Waals surface area contributed by atoms with E-state index < -0.39 is 0 Å². The van der Waals surface area contributed by atoms with Crippen LogP contribution in [0.15, 0.2) is 29.2 Å². The molecular formula is C13H15ClN2S. The Kier molecular flexibility index (Phi) is 3.79. The minimum atomic E-state index is 0.739. The van der Waals surface area contributed by atoms with Crippen molar-refractivity contribution in [2.24, 2.45) is 7.05 Å². The molecule has 0 aliphatic carbocycles. The highest BCUT2D eigenvalue weighted by Gasteiger charge is 2.11. The molecule has 2 nitrogen and oxygen atoms in total. The third-order valence-corrected chi connectivity index (χ3v) is 4.14. The van der Waals surface area contributed by atoms with Crippen molar-refractivity contribution in [3.05, 3.63) is 46.2 Å². The molecule has 0 aliphatic heterocycles. The lowest BCUT2D eigenvalue weighted by Gasteiger charge is -2.02. The van der Waals surface area contributed by atoms with E-state index in [1.807, 2.05) is 14.0 Å². The standard InChI is InChI=1S/C13H15ClN2S/c1-9-5-4-6-11(7-9)17-8-12-10(2)15-16(3)13(12)14/h4-7H,8H2,1-3H3. The van der Waals surface area contributed by atoms with Gasteiger partial charge in [-0.3, -0.25) is 4.68 Å². The van der Waals surface area contributed by atoms with Crippen LogP contribution in [0.5, 0.6) is 0 Å². The predicted octanol–water partition coefficient (Wildman–Crippen LogP) is 3.98. The van der Waals surface area contributed by atoms with Gasteiger partial charge in [0.15, 0.2) is 0 Å². The zero-order valence-electron chi connectivity index (χ0n) is 10.2. The van der Waals surface area contributed by atoms with Crippen molar-refractivity contribution in [2.45, 2.75) is 24.5 Å². The maximum Gasteiger partial charge on any atom is 0.131 e. The molecule has 1 heterocycles. The first-order valence-corrected chi connectivity index (χ1v) is 6.81. The van der Waals surface area contributed by atoms with E-state index in [1.54, 1.807) is 16.4 Å². The Balaban J connectivity index is 2.12. The largest absolute Gasteiger partial charge is 0.257 e. The smallest absolute Gasteiger partial charge is 0.131 e. The fourth-order valence-corrected chi connectivity index (χ4v) is 3.12. The number of nitrogens with zero attached hydrogens (tertiary/aromatic N) is 2. The molecule has 2 rings (SSSR count). The van der Waals surface area contributed by atoms with Gasteiger partial charge in [0, 0.05) is 23.3 Å². The lowest BCUT2D eigenvalue weighted by atomic mass is 10.2. The molecule has 1 aromatic heterocycles. The molecule has 1 aromatic carbocycles. The van der Waals surface area contributed by atoms with Gasteiger partial charge in [-0.2, -0.15) is 5.10 Å². The molecule has 17 heavy (non-hydrogen) atoms. The van der Waals surface area contributed by atoms with Crippen LogP contribution in [-0.2, 0) is 12.8 Å². The normalized spacial score (nSPS) is 10.8. The Bertz CT molecular complexity index is 534. The summed E-state index contributed by atoms with van der Waals surface area (Å²) >= 11 is 7.99. The number of hydrogen-bond acceptors (Lipinski definition) is 2. The minimum Gasteiger partial charge on any atom is -0.257 e. The van der Waals surface area contributed by atoms with E-state index in [2.05, 4.69) is 36.3 Å². The van der Waals surface area contributed by atoms with E-state index >= 15 is 0 Å². The van der Waals surface area contributed by atoms with Crippen molar-refractivity contribution < 1.29 is 0 Å². The molecule has 0 bridgehead atoms. The van der Waals surface area contributed by atoms with Crippen LogP contribution in [-0.4, -0.2) is 9.78 Å². The number of hydrogen-bond donors (Lipinski definition) is 0. The number of halogens is 1. The van der Waals surface area contributed by atoms with Crippen LogP contribution in [0.25, 0.3) is 0 Å². The Morgan fingerprint density at radius 2 is 2.12 bits per heavy atom. The first-order valence-electron chi connectivity index (χ1n) is 5.45. The summed E-state index contributed by atoms with van der Waals surface area (Å²) < 4.78 is 1.73. The van der Waals surface area contributed by atoms with Gasteiger partial charge in [-0.1, -0.05) is 29.3 Å². The molecule has 0 fully saturated rings. The van der Waals surface area contributed by atoms with Gasteiger partial charge in [0.2, 0.25) is 0 Å². The van der Waals surface area contributed by atoms with Crippen LogP contribution >= 0.6 is 23.4 Å². The van der Waals surface area contributed by atoms with Gasteiger partial charge in [-0.15, -0.1) is 11.8 Å². The van der Waals surface area contributed by atoms with Gasteiger partial charge in [-0.05, 0) is 26.0 Å². The number of aryl methyl sites for hydroxylation is 3. The molecular weight excluding hydrogens is 252 g/mol. The van der Waals surface area contributed by atoms with Gasteiger partial charge < -0.3 is 0 Å². The van der Waals surface area contributed by atoms with E-state index in [0.717, 1.165) is 22.2 Å². The summed E-state index contributed by atoms with van der Waals surface area (Å²) in [7, 11) is 1.87. The summed E-state index contributed by atoms with van der Waals surface area (Å²) in [5.41, 5.74) is 3.42. The Morgan fingerprint density at radius 3 is 2.71 bits per heavy atom. The molecule has 0 amide bonds. The average Bonchev–Trinajstić information content (AvgIpc) is 2.51. The van der Waals surface area contributed by atoms with Crippen molar-refractivity contribution in [3.63, 3.8) is 0 Å². The maximum atomic E-state index is 6.20. The van der Waals surface area contributed by atoms with Crippen LogP contribution in [0.2, 0.25) is 5.15 Å². The van der Waals surface area contributed by atoms with Gasteiger partial charge in [0.25, 0.3) is 0 Å². The van der Waals surface area contributed by atoms with E-state index in [4.69, 9.17) is 11.6 Å². The number of rotatable bonds is 3. The summed E-state index contributed by atoms with van der Waals surface area (Å²) in [5.74, 6) is 0.863. The average molecular weight is 267 g/mol. The highest BCUT2D eigenvalue weighted by Crippen LogP contribution is 2.28. The van der Waals surface area contributed by atoms with Crippen molar-refractivity contribution in [1.29, 1.82) is 0 Å². The molecule has 0 spiro atoms. The molecule has 0 radical (unpaired) electrons. The molecule has 0 unspecified atom stereocenters. The van der Waals surface area contributed by atoms with Crippen molar-refractivity contribution in [3.8, 4) is 0 Å². The molecule has 0 atom stereocenters. The quantitative estimate of drug-likeness (QED) is 0.782. The lowest BCUT2D eigenvalue weighted by molar-refractivity contribution is 0.757. The van der Waals surface area contributed by atoms with E-state index in [0.29, 0.717) is 0 Å². The molecule has 0 N–H and O–H groups in total. The van der Waals surface area contributed by atoms with Crippen LogP contribution in [0.4, 0.5) is 0 Å². The van der Waals surface area contributed by atoms with Crippen molar-refractivity contribution in [2.75, 3.05) is 0 Å². The second-order valence-electron chi connectivity index (χ2n) is 4.08. The Hall–Kier alpha value is -0.930. The van der Waals surface area contributed by atoms with Crippen molar-refractivity contribution >= 4 is 23.4 Å². The zero-order valence-corrected chi connectivity index (χ0v) is 11.8. The number of aromatic nitrogens is 2. The molecule has 4 heteroatoms. The number of benzene rings is 1. The molecule has 0 saturated heterocycles. The summed E-state index contributed by atoms with van der Waals surface area (Å²) in [4.78, 5) is 1.27. The number of thioether (sulfide) groups is 1. The summed E-state index contributed by atoms with van der Waals surface area (Å²) in [6.07, 6.45) is 0. The third-order valence-electron chi connectivity index (χ3n) is 2.64. The van der Waals surface area contributed by atoms with Gasteiger partial charge in [0.1, 0.15) is 5.15 Å². The zero-order chi connectivity index (χ0) is 12.4. The van der Waals surface area contributed by atoms with Gasteiger partial charge >= 0.3 is 0 Å². The predicted molar refractivity (Wildman–Crippen MR) is 73.7 cm³/mol. The third kappa shape index (κ3) is 2.85. The topological polar surface area (TPSA) is 17.8 Å². The second-order valence-corrected chi connectivity index (χ2v) is 5.49. The van der Waals surface area contributed by atoms with Crippen LogP contribution in [0, 0.1) is 13.8 Å². The fraction of sp³-hybridized carbons (Fsp3) is 0.308. The Morgan fingerprint density at radius 1 is 1.35 bits per heavy atom. The second kappa shape index (κ2) is 5.15. The highest BCUT2D eigenvalue weighted by molar-refractivity contribution is 7.98. The van der Waals surface area contributed by atoms with Crippen LogP contribution in [0.1, 0.15) is 16.8 Å². The van der Waals surface area contributed by atoms with Crippen LogP contribution in [0.3, 0.4) is 0 Å². The summed E-state index contributed by atoms with van der Waals surface area (Å²) in [5, 5.41) is 5.05. The maximum absolute atomic E-state index is 6.20. The molecule has 2 aromatic rings. The van der Waals surface area contributed by atoms with E-state index in [9.17, 15) is 0 Å². The first-order chi connectivity index (χ1) is 8.08. The molecule has 0 saturated carbocycles. The van der Waals surface area contributed by atoms with Gasteiger partial charge in [-0.25, -0.2) is 0 Å². The summed E-state index contributed by atoms with van der Waals surface area (Å²) in [6, 6.07) is 8.49. The molecule has 90 valence electrons. The minimum absolute atomic E-state index is 0.739. The highest BCUT2D eigenvalue weighted by atomic mass is 35.5. The monoisotopic (exact) mass is 266 g/mol. The lowest BCUT2D eigenvalue weighted by Crippen LogP contribution is -1.89. The summed E-state index contributed by atoms with van der Waals surface area (Å²) in [6.45, 7) is 4.10. The van der Waals surface area contributed by atoms with E-state index in [1.165, 1.54) is 10.5 Å². The van der Waals surface area contributed by atoms with Crippen molar-refractivity contribution in [1.82, 2.24) is 9.78 Å². The van der Waals surface area contributed by atoms with E-state index in [-0.39, 0.29) is 0 Å². The Labute approximate surface area is 111 Å². The molecule has 0 aliphatic rings. The first kappa shape index (κ1) is 12.5. The fourth-order valence-electron chi connectivity index (χ4n) is 1.70. The van der Waals surface area contributed by atoms with Gasteiger partial charge in [0.05, 0.1) is 5.69 Å². The SMILES string of the molecule is Cc1cccc(SCc2c(C)nn(C)c2Cl)c1. The van der Waals surface area contributed by atoms with Crippen LogP contribution < -0.4 is 0 Å².